The van der Waals surface area contributed by atoms with Crippen molar-refractivity contribution in [2.45, 2.75) is 64.9 Å². The first-order valence-corrected chi connectivity index (χ1v) is 13.3. The average Bonchev–Trinajstić information content (AvgIpc) is 3.72. The maximum absolute atomic E-state index is 14.9. The molecule has 0 bridgehead atoms. The molecule has 0 aromatic heterocycles. The van der Waals surface area contributed by atoms with Crippen LogP contribution in [0, 0.1) is 17.7 Å². The monoisotopic (exact) mass is 504 g/mol. The minimum atomic E-state index is -0.763. The first-order chi connectivity index (χ1) is 17.9. The molecule has 5 heteroatoms. The average molecular weight is 505 g/mol. The third-order valence-corrected chi connectivity index (χ3v) is 7.26. The Morgan fingerprint density at radius 3 is 2.57 bits per heavy atom. The molecule has 4 rings (SSSR count). The fourth-order valence-corrected chi connectivity index (χ4v) is 5.22. The van der Waals surface area contributed by atoms with Gasteiger partial charge in [-0.25, -0.2) is 4.39 Å². The predicted molar refractivity (Wildman–Crippen MR) is 145 cm³/mol. The van der Waals surface area contributed by atoms with Crippen molar-refractivity contribution in [1.82, 2.24) is 0 Å². The Morgan fingerprint density at radius 1 is 1.05 bits per heavy atom. The largest absolute Gasteiger partial charge is 0.497 e. The van der Waals surface area contributed by atoms with Crippen molar-refractivity contribution < 1.29 is 23.8 Å². The van der Waals surface area contributed by atoms with Crippen LogP contribution in [0.15, 0.2) is 60.7 Å². The first kappa shape index (κ1) is 26.7. The third kappa shape index (κ3) is 7.12. The number of benzene rings is 3. The molecule has 3 aromatic rings. The van der Waals surface area contributed by atoms with Gasteiger partial charge in [-0.1, -0.05) is 57.0 Å². The fraction of sp³-hybridized carbons (Fsp3) is 0.406. The molecule has 3 aromatic carbocycles. The number of halogens is 1. The second-order valence-electron chi connectivity index (χ2n) is 10.3. The van der Waals surface area contributed by atoms with Crippen molar-refractivity contribution in [3.8, 4) is 22.6 Å². The van der Waals surface area contributed by atoms with E-state index in [1.165, 1.54) is 6.07 Å². The molecular formula is C32H37FO4. The fourth-order valence-electron chi connectivity index (χ4n) is 5.22. The van der Waals surface area contributed by atoms with Crippen LogP contribution < -0.4 is 9.47 Å². The third-order valence-electron chi connectivity index (χ3n) is 7.26. The summed E-state index contributed by atoms with van der Waals surface area (Å²) in [5.41, 5.74) is 4.56. The molecule has 1 aliphatic carbocycles. The second-order valence-corrected chi connectivity index (χ2v) is 10.3. The molecule has 4 nitrogen and oxygen atoms in total. The Hall–Kier alpha value is -3.34. The molecule has 1 saturated carbocycles. The summed E-state index contributed by atoms with van der Waals surface area (Å²) in [4.78, 5) is 11.4. The summed E-state index contributed by atoms with van der Waals surface area (Å²) in [6, 6.07) is 18.8. The summed E-state index contributed by atoms with van der Waals surface area (Å²) in [5, 5.41) is 9.35. The van der Waals surface area contributed by atoms with Gasteiger partial charge in [-0.3, -0.25) is 4.79 Å². The minimum Gasteiger partial charge on any atom is -0.497 e. The summed E-state index contributed by atoms with van der Waals surface area (Å²) in [5.74, 6) is 1.28. The number of ether oxygens (including phenoxy) is 2. The molecule has 1 aliphatic rings. The maximum Gasteiger partial charge on any atom is 0.303 e. The van der Waals surface area contributed by atoms with E-state index < -0.39 is 5.97 Å². The number of carboxylic acid groups (broad SMARTS) is 1. The van der Waals surface area contributed by atoms with Crippen LogP contribution in [-0.2, 0) is 17.8 Å². The van der Waals surface area contributed by atoms with Gasteiger partial charge >= 0.3 is 5.97 Å². The van der Waals surface area contributed by atoms with Gasteiger partial charge in [-0.15, -0.1) is 0 Å². The molecule has 0 aliphatic heterocycles. The topological polar surface area (TPSA) is 55.8 Å². The van der Waals surface area contributed by atoms with Crippen LogP contribution in [0.25, 0.3) is 11.1 Å². The van der Waals surface area contributed by atoms with Crippen LogP contribution in [0.2, 0.25) is 0 Å². The highest BCUT2D eigenvalue weighted by Gasteiger charge is 2.33. The molecule has 1 fully saturated rings. The van der Waals surface area contributed by atoms with Gasteiger partial charge in [0, 0.05) is 5.56 Å². The standard InChI is InChI=1S/C32H37FO4/c1-4-6-21(2)15-25-16-22(9-13-28(25)30-18-26(36-3)12-14-31(30)33)20-37-27-8-5-7-24(17-27)29(19-32(34)35)23-10-11-23/h5,7-9,12-14,16-18,21,23,29H,4,6,10-11,15,19-20H2,1-3H3,(H,34,35). The lowest BCUT2D eigenvalue weighted by atomic mass is 9.89. The number of carbonyl (C=O) groups is 1. The molecule has 0 spiro atoms. The van der Waals surface area contributed by atoms with E-state index in [0.717, 1.165) is 60.1 Å². The van der Waals surface area contributed by atoms with Gasteiger partial charge in [-0.05, 0) is 89.6 Å². The molecule has 0 radical (unpaired) electrons. The number of rotatable bonds is 13. The van der Waals surface area contributed by atoms with E-state index in [1.54, 1.807) is 19.2 Å². The highest BCUT2D eigenvalue weighted by Crippen LogP contribution is 2.45. The Labute approximate surface area is 219 Å². The molecular weight excluding hydrogens is 467 g/mol. The number of methoxy groups -OCH3 is 1. The highest BCUT2D eigenvalue weighted by atomic mass is 19.1. The van der Waals surface area contributed by atoms with Gasteiger partial charge in [-0.2, -0.15) is 0 Å². The van der Waals surface area contributed by atoms with Crippen LogP contribution in [0.5, 0.6) is 11.5 Å². The second kappa shape index (κ2) is 12.3. The number of carboxylic acids is 1. The molecule has 37 heavy (non-hydrogen) atoms. The smallest absolute Gasteiger partial charge is 0.303 e. The van der Waals surface area contributed by atoms with E-state index in [1.807, 2.05) is 36.4 Å². The molecule has 1 N–H and O–H groups in total. The van der Waals surface area contributed by atoms with Crippen LogP contribution in [-0.4, -0.2) is 18.2 Å². The van der Waals surface area contributed by atoms with E-state index in [4.69, 9.17) is 9.47 Å². The lowest BCUT2D eigenvalue weighted by Crippen LogP contribution is -2.08. The Kier molecular flexibility index (Phi) is 8.86. The van der Waals surface area contributed by atoms with E-state index >= 15 is 0 Å². The quantitative estimate of drug-likeness (QED) is 0.256. The van der Waals surface area contributed by atoms with Crippen molar-refractivity contribution in [2.75, 3.05) is 7.11 Å². The molecule has 0 heterocycles. The zero-order chi connectivity index (χ0) is 26.4. The zero-order valence-electron chi connectivity index (χ0n) is 22.0. The van der Waals surface area contributed by atoms with Gasteiger partial charge in [0.1, 0.15) is 23.9 Å². The van der Waals surface area contributed by atoms with E-state index in [-0.39, 0.29) is 18.2 Å². The summed E-state index contributed by atoms with van der Waals surface area (Å²) < 4.78 is 26.4. The van der Waals surface area contributed by atoms with Gasteiger partial charge < -0.3 is 14.6 Å². The van der Waals surface area contributed by atoms with E-state index in [0.29, 0.717) is 29.8 Å². The van der Waals surface area contributed by atoms with Crippen molar-refractivity contribution in [3.63, 3.8) is 0 Å². The molecule has 196 valence electrons. The maximum atomic E-state index is 14.9. The normalized spacial score (nSPS) is 14.7. The zero-order valence-corrected chi connectivity index (χ0v) is 22.0. The minimum absolute atomic E-state index is 0.0322. The van der Waals surface area contributed by atoms with E-state index in [9.17, 15) is 14.3 Å². The van der Waals surface area contributed by atoms with Gasteiger partial charge in [0.25, 0.3) is 0 Å². The summed E-state index contributed by atoms with van der Waals surface area (Å²) in [6.07, 6.45) is 5.38. The SMILES string of the molecule is CCCC(C)Cc1cc(COc2cccc(C(CC(=O)O)C3CC3)c2)ccc1-c1cc(OC)ccc1F. The Balaban J connectivity index is 1.56. The van der Waals surface area contributed by atoms with Crippen molar-refractivity contribution in [1.29, 1.82) is 0 Å². The highest BCUT2D eigenvalue weighted by molar-refractivity contribution is 5.70. The Morgan fingerprint density at radius 2 is 1.86 bits per heavy atom. The molecule has 0 saturated heterocycles. The van der Waals surface area contributed by atoms with Crippen molar-refractivity contribution in [3.05, 3.63) is 83.2 Å². The van der Waals surface area contributed by atoms with Gasteiger partial charge in [0.05, 0.1) is 13.5 Å². The lowest BCUT2D eigenvalue weighted by Gasteiger charge is -2.18. The van der Waals surface area contributed by atoms with Gasteiger partial charge in [0.15, 0.2) is 0 Å². The summed E-state index contributed by atoms with van der Waals surface area (Å²) in [7, 11) is 1.59. The molecule has 2 unspecified atom stereocenters. The van der Waals surface area contributed by atoms with Crippen LogP contribution in [0.4, 0.5) is 4.39 Å². The number of aliphatic carboxylic acids is 1. The van der Waals surface area contributed by atoms with E-state index in [2.05, 4.69) is 19.9 Å². The first-order valence-electron chi connectivity index (χ1n) is 13.3. The predicted octanol–water partition coefficient (Wildman–Crippen LogP) is 8.03. The number of hydrogen-bond donors (Lipinski definition) is 1. The summed E-state index contributed by atoms with van der Waals surface area (Å²) >= 11 is 0. The summed E-state index contributed by atoms with van der Waals surface area (Å²) in [6.45, 7) is 4.80. The van der Waals surface area contributed by atoms with Crippen LogP contribution >= 0.6 is 0 Å². The molecule has 0 amide bonds. The Bertz CT molecular complexity index is 1220. The van der Waals surface area contributed by atoms with Crippen LogP contribution in [0.1, 0.15) is 68.6 Å². The van der Waals surface area contributed by atoms with Crippen molar-refractivity contribution >= 4 is 5.97 Å². The lowest BCUT2D eigenvalue weighted by molar-refractivity contribution is -0.137. The molecule has 2 atom stereocenters. The number of hydrogen-bond acceptors (Lipinski definition) is 3. The van der Waals surface area contributed by atoms with Crippen LogP contribution in [0.3, 0.4) is 0 Å². The van der Waals surface area contributed by atoms with Crippen molar-refractivity contribution in [2.24, 2.45) is 11.8 Å². The van der Waals surface area contributed by atoms with Gasteiger partial charge in [0.2, 0.25) is 0 Å².